The van der Waals surface area contributed by atoms with Crippen LogP contribution in [0.2, 0.25) is 0 Å². The van der Waals surface area contributed by atoms with Gasteiger partial charge >= 0.3 is 6.03 Å². The molecule has 0 aromatic carbocycles. The molecule has 4 bridgehead atoms. The van der Waals surface area contributed by atoms with E-state index in [0.717, 1.165) is 18.4 Å². The Morgan fingerprint density at radius 3 is 2.42 bits per heavy atom. The molecule has 6 rings (SSSR count). The van der Waals surface area contributed by atoms with Crippen LogP contribution in [0.3, 0.4) is 0 Å². The Morgan fingerprint density at radius 2 is 1.69 bits per heavy atom. The van der Waals surface area contributed by atoms with Crippen LogP contribution in [-0.2, 0) is 9.59 Å². The molecule has 0 aromatic rings. The van der Waals surface area contributed by atoms with E-state index in [9.17, 15) is 14.4 Å². The average Bonchev–Trinajstić information content (AvgIpc) is 2.82. The number of hydrogen-bond donors (Lipinski definition) is 2. The number of fused-ring (bicyclic) bond motifs is 2. The van der Waals surface area contributed by atoms with E-state index >= 15 is 0 Å². The van der Waals surface area contributed by atoms with E-state index in [0.29, 0.717) is 24.9 Å². The largest absolute Gasteiger partial charge is 0.339 e. The molecule has 26 heavy (non-hydrogen) atoms. The van der Waals surface area contributed by atoms with Gasteiger partial charge in [0.25, 0.3) is 0 Å². The molecule has 7 heteroatoms. The highest BCUT2D eigenvalue weighted by Crippen LogP contribution is 2.48. The third-order valence-electron chi connectivity index (χ3n) is 7.54. The predicted molar refractivity (Wildman–Crippen MR) is 93.7 cm³/mol. The molecule has 4 saturated heterocycles. The standard InChI is InChI=1S/C19H28N4O3/c1-22-16-15(17(24)21-19(22)26)7-13(8-20-16)18(25)23-9-12-3-10-2-11(4-12)6-14(23)5-10/h10-16,20H,2-9H2,1H3,(H,21,24,26). The van der Waals surface area contributed by atoms with Gasteiger partial charge in [-0.2, -0.15) is 0 Å². The topological polar surface area (TPSA) is 81.8 Å². The zero-order chi connectivity index (χ0) is 18.0. The summed E-state index contributed by atoms with van der Waals surface area (Å²) in [6.07, 6.45) is 6.52. The van der Waals surface area contributed by atoms with Crippen LogP contribution >= 0.6 is 0 Å². The first-order chi connectivity index (χ1) is 12.5. The molecule has 0 aromatic heterocycles. The summed E-state index contributed by atoms with van der Waals surface area (Å²) in [5, 5.41) is 5.70. The number of nitrogens with zero attached hydrogens (tertiary/aromatic N) is 2. The molecular formula is C19H28N4O3. The summed E-state index contributed by atoms with van der Waals surface area (Å²) < 4.78 is 0. The summed E-state index contributed by atoms with van der Waals surface area (Å²) in [6.45, 7) is 1.46. The molecule has 142 valence electrons. The quantitative estimate of drug-likeness (QED) is 0.723. The Balaban J connectivity index is 1.32. The third kappa shape index (κ3) is 2.54. The highest BCUT2D eigenvalue weighted by molar-refractivity contribution is 5.98. The van der Waals surface area contributed by atoms with Crippen molar-refractivity contribution >= 4 is 17.8 Å². The molecule has 4 aliphatic heterocycles. The van der Waals surface area contributed by atoms with Crippen molar-refractivity contribution in [3.05, 3.63) is 0 Å². The lowest BCUT2D eigenvalue weighted by molar-refractivity contribution is -0.142. The van der Waals surface area contributed by atoms with Gasteiger partial charge in [-0.1, -0.05) is 0 Å². The summed E-state index contributed by atoms with van der Waals surface area (Å²) in [6, 6.07) is 0.0370. The zero-order valence-corrected chi connectivity index (χ0v) is 15.3. The van der Waals surface area contributed by atoms with E-state index in [1.807, 2.05) is 0 Å². The normalized spacial score (nSPS) is 44.6. The first-order valence-corrected chi connectivity index (χ1v) is 10.1. The second kappa shape index (κ2) is 5.94. The summed E-state index contributed by atoms with van der Waals surface area (Å²) in [5.74, 6) is 1.75. The van der Waals surface area contributed by atoms with Gasteiger partial charge in [0.1, 0.15) is 0 Å². The molecule has 5 atom stereocenters. The monoisotopic (exact) mass is 360 g/mol. The third-order valence-corrected chi connectivity index (χ3v) is 7.54. The van der Waals surface area contributed by atoms with Crippen LogP contribution in [0, 0.1) is 29.6 Å². The molecule has 5 unspecified atom stereocenters. The number of urea groups is 1. The van der Waals surface area contributed by atoms with Gasteiger partial charge in [-0.25, -0.2) is 4.79 Å². The van der Waals surface area contributed by atoms with Crippen LogP contribution in [0.4, 0.5) is 4.79 Å². The first kappa shape index (κ1) is 16.5. The number of piperidine rings is 1. The van der Waals surface area contributed by atoms with Crippen molar-refractivity contribution in [3.8, 4) is 0 Å². The van der Waals surface area contributed by atoms with Gasteiger partial charge in [-0.15, -0.1) is 0 Å². The predicted octanol–water partition coefficient (Wildman–Crippen LogP) is 0.757. The Labute approximate surface area is 153 Å². The summed E-state index contributed by atoms with van der Waals surface area (Å²) in [7, 11) is 1.69. The van der Waals surface area contributed by atoms with E-state index in [4.69, 9.17) is 0 Å². The Kier molecular flexibility index (Phi) is 3.78. The average molecular weight is 360 g/mol. The second-order valence-electron chi connectivity index (χ2n) is 9.22. The fourth-order valence-corrected chi connectivity index (χ4v) is 6.47. The van der Waals surface area contributed by atoms with Crippen LogP contribution in [-0.4, -0.2) is 60.0 Å². The summed E-state index contributed by atoms with van der Waals surface area (Å²) >= 11 is 0. The minimum absolute atomic E-state index is 0.167. The molecule has 0 spiro atoms. The van der Waals surface area contributed by atoms with Crippen molar-refractivity contribution in [1.82, 2.24) is 20.4 Å². The number of imide groups is 1. The van der Waals surface area contributed by atoms with Crippen molar-refractivity contribution in [1.29, 1.82) is 0 Å². The highest BCUT2D eigenvalue weighted by Gasteiger charge is 2.48. The van der Waals surface area contributed by atoms with E-state index in [-0.39, 0.29) is 35.8 Å². The van der Waals surface area contributed by atoms with Crippen molar-refractivity contribution < 1.29 is 14.4 Å². The van der Waals surface area contributed by atoms with Gasteiger partial charge in [0, 0.05) is 26.2 Å². The molecule has 6 aliphatic rings. The number of nitrogens with one attached hydrogen (secondary N) is 2. The van der Waals surface area contributed by atoms with Crippen LogP contribution in [0.15, 0.2) is 0 Å². The molecule has 0 radical (unpaired) electrons. The number of hydrogen-bond acceptors (Lipinski definition) is 4. The first-order valence-electron chi connectivity index (χ1n) is 10.1. The molecule has 4 heterocycles. The van der Waals surface area contributed by atoms with E-state index in [1.54, 1.807) is 11.9 Å². The number of carbonyl (C=O) groups excluding carboxylic acids is 3. The Morgan fingerprint density at radius 1 is 1.00 bits per heavy atom. The summed E-state index contributed by atoms with van der Waals surface area (Å²) in [4.78, 5) is 41.2. The van der Waals surface area contributed by atoms with Crippen LogP contribution in [0.5, 0.6) is 0 Å². The maximum atomic E-state index is 13.4. The lowest BCUT2D eigenvalue weighted by Crippen LogP contribution is -2.67. The Bertz CT molecular complexity index is 639. The number of amides is 4. The maximum Gasteiger partial charge on any atom is 0.325 e. The molecule has 2 aliphatic carbocycles. The van der Waals surface area contributed by atoms with E-state index in [1.165, 1.54) is 32.1 Å². The number of rotatable bonds is 1. The highest BCUT2D eigenvalue weighted by atomic mass is 16.2. The van der Waals surface area contributed by atoms with Crippen LogP contribution in [0.1, 0.15) is 38.5 Å². The van der Waals surface area contributed by atoms with E-state index in [2.05, 4.69) is 15.5 Å². The molecule has 6 fully saturated rings. The SMILES string of the molecule is CN1C(=O)NC(=O)C2CC(C(=O)N3CC4CC5CC(C4)CC3C5)CNC21. The fraction of sp³-hybridized carbons (Fsp3) is 0.842. The van der Waals surface area contributed by atoms with Crippen molar-refractivity contribution in [2.24, 2.45) is 29.6 Å². The lowest BCUT2D eigenvalue weighted by Gasteiger charge is -2.45. The van der Waals surface area contributed by atoms with Crippen LogP contribution < -0.4 is 10.6 Å². The lowest BCUT2D eigenvalue weighted by atomic mass is 9.68. The molecule has 2 saturated carbocycles. The zero-order valence-electron chi connectivity index (χ0n) is 15.3. The van der Waals surface area contributed by atoms with Gasteiger partial charge in [-0.05, 0) is 56.3 Å². The van der Waals surface area contributed by atoms with Crippen molar-refractivity contribution in [2.75, 3.05) is 20.1 Å². The maximum absolute atomic E-state index is 13.4. The number of carbonyl (C=O) groups is 3. The fourth-order valence-electron chi connectivity index (χ4n) is 6.47. The van der Waals surface area contributed by atoms with Crippen molar-refractivity contribution in [2.45, 2.75) is 50.7 Å². The summed E-state index contributed by atoms with van der Waals surface area (Å²) in [5.41, 5.74) is 0. The van der Waals surface area contributed by atoms with Gasteiger partial charge in [0.05, 0.1) is 18.0 Å². The molecule has 4 amide bonds. The minimum atomic E-state index is -0.367. The van der Waals surface area contributed by atoms with Gasteiger partial charge < -0.3 is 9.80 Å². The molecule has 7 nitrogen and oxygen atoms in total. The second-order valence-corrected chi connectivity index (χ2v) is 9.22. The minimum Gasteiger partial charge on any atom is -0.339 e. The van der Waals surface area contributed by atoms with Gasteiger partial charge in [0.2, 0.25) is 11.8 Å². The van der Waals surface area contributed by atoms with E-state index < -0.39 is 0 Å². The van der Waals surface area contributed by atoms with Gasteiger partial charge in [-0.3, -0.25) is 20.2 Å². The smallest absolute Gasteiger partial charge is 0.325 e. The molecular weight excluding hydrogens is 332 g/mol. The van der Waals surface area contributed by atoms with Crippen molar-refractivity contribution in [3.63, 3.8) is 0 Å². The van der Waals surface area contributed by atoms with Crippen LogP contribution in [0.25, 0.3) is 0 Å². The Hall–Kier alpha value is -1.63. The molecule has 2 N–H and O–H groups in total. The van der Waals surface area contributed by atoms with Gasteiger partial charge in [0.15, 0.2) is 0 Å².